The normalized spacial score (nSPS) is 17.7. The van der Waals surface area contributed by atoms with Crippen molar-refractivity contribution < 1.29 is 4.74 Å². The van der Waals surface area contributed by atoms with E-state index in [9.17, 15) is 0 Å². The second-order valence-electron chi connectivity index (χ2n) is 9.77. The van der Waals surface area contributed by atoms with Crippen LogP contribution in [0.2, 0.25) is 0 Å². The third-order valence-corrected chi connectivity index (χ3v) is 5.83. The average Bonchev–Trinajstić information content (AvgIpc) is 3.17. The summed E-state index contributed by atoms with van der Waals surface area (Å²) >= 11 is 0. The molecule has 3 aromatic heterocycles. The number of nitrogens with two attached hydrogens (primary N) is 1. The number of hydrogen-bond donors (Lipinski definition) is 2. The van der Waals surface area contributed by atoms with Gasteiger partial charge in [-0.25, -0.2) is 24.9 Å². The van der Waals surface area contributed by atoms with E-state index in [1.54, 1.807) is 12.4 Å². The van der Waals surface area contributed by atoms with Crippen LogP contribution < -0.4 is 20.9 Å². The van der Waals surface area contributed by atoms with Gasteiger partial charge in [0.05, 0.1) is 18.8 Å². The molecule has 0 saturated carbocycles. The number of piperazine rings is 1. The van der Waals surface area contributed by atoms with Crippen molar-refractivity contribution in [2.45, 2.75) is 27.3 Å². The molecule has 3 aromatic rings. The van der Waals surface area contributed by atoms with Gasteiger partial charge >= 0.3 is 0 Å². The number of imidazole rings is 1. The molecule has 0 unspecified atom stereocenters. The predicted molar refractivity (Wildman–Crippen MR) is 128 cm³/mol. The Morgan fingerprint density at radius 1 is 0.970 bits per heavy atom. The summed E-state index contributed by atoms with van der Waals surface area (Å²) in [7, 11) is 0. The van der Waals surface area contributed by atoms with Crippen molar-refractivity contribution in [2.24, 2.45) is 5.41 Å². The van der Waals surface area contributed by atoms with E-state index < -0.39 is 0 Å². The lowest BCUT2D eigenvalue weighted by atomic mass is 9.97. The number of nitrogens with one attached hydrogen (secondary N) is 1. The van der Waals surface area contributed by atoms with Gasteiger partial charge in [0.15, 0.2) is 22.8 Å². The summed E-state index contributed by atoms with van der Waals surface area (Å²) in [5, 5.41) is 3.43. The maximum atomic E-state index is 5.71. The molecular weight excluding hydrogens is 420 g/mol. The lowest BCUT2D eigenvalue weighted by molar-refractivity contribution is 0.122. The zero-order valence-corrected chi connectivity index (χ0v) is 19.6. The minimum absolute atomic E-state index is 0.0466. The monoisotopic (exact) mass is 452 g/mol. The molecule has 2 saturated heterocycles. The number of nitrogen functional groups attached to an aromatic ring is 1. The van der Waals surface area contributed by atoms with E-state index in [0.29, 0.717) is 19.0 Å². The maximum Gasteiger partial charge on any atom is 0.219 e. The molecule has 11 nitrogen and oxygen atoms in total. The molecular formula is C22H32N10O. The molecule has 176 valence electrons. The zero-order valence-electron chi connectivity index (χ0n) is 19.6. The topological polar surface area (TPSA) is 123 Å². The Morgan fingerprint density at radius 3 is 2.33 bits per heavy atom. The van der Waals surface area contributed by atoms with E-state index >= 15 is 0 Å². The Hall–Kier alpha value is -3.05. The van der Waals surface area contributed by atoms with Crippen molar-refractivity contribution >= 4 is 28.9 Å². The fraction of sp³-hybridized carbons (Fsp3) is 0.591. The number of ether oxygens (including phenoxy) is 1. The van der Waals surface area contributed by atoms with E-state index in [1.807, 2.05) is 0 Å². The van der Waals surface area contributed by atoms with Crippen molar-refractivity contribution in [3.8, 4) is 11.4 Å². The summed E-state index contributed by atoms with van der Waals surface area (Å²) in [6.45, 7) is 14.1. The van der Waals surface area contributed by atoms with Crippen LogP contribution in [0.25, 0.3) is 22.6 Å². The van der Waals surface area contributed by atoms with E-state index in [4.69, 9.17) is 25.4 Å². The molecule has 0 aromatic carbocycles. The van der Waals surface area contributed by atoms with Gasteiger partial charge in [0, 0.05) is 58.2 Å². The van der Waals surface area contributed by atoms with Crippen molar-refractivity contribution in [3.05, 3.63) is 12.4 Å². The van der Waals surface area contributed by atoms with Crippen LogP contribution in [0.4, 0.5) is 17.7 Å². The number of anilines is 3. The number of fused-ring (bicyclic) bond motifs is 1. The first-order chi connectivity index (χ1) is 15.9. The molecule has 5 rings (SSSR count). The lowest BCUT2D eigenvalue weighted by Gasteiger charge is -2.30. The number of nitrogens with zero attached hydrogens (tertiary/aromatic N) is 8. The minimum Gasteiger partial charge on any atom is -0.378 e. The number of morpholine rings is 1. The lowest BCUT2D eigenvalue weighted by Crippen LogP contribution is -2.44. The molecule has 0 bridgehead atoms. The summed E-state index contributed by atoms with van der Waals surface area (Å²) < 4.78 is 7.85. The molecule has 2 fully saturated rings. The quantitative estimate of drug-likeness (QED) is 0.596. The van der Waals surface area contributed by atoms with E-state index in [1.165, 1.54) is 0 Å². The second-order valence-corrected chi connectivity index (χ2v) is 9.77. The number of aromatic nitrogens is 6. The van der Waals surface area contributed by atoms with Crippen molar-refractivity contribution in [1.29, 1.82) is 0 Å². The van der Waals surface area contributed by atoms with Crippen LogP contribution >= 0.6 is 0 Å². The highest BCUT2D eigenvalue weighted by Gasteiger charge is 2.28. The molecule has 0 amide bonds. The SMILES string of the molecule is CC(C)(C)Cn1c(N2CCNCC2)nc2c(N3CCOCC3)nc(-c3cnc(N)nc3)nc21. The number of rotatable bonds is 4. The van der Waals surface area contributed by atoms with Crippen molar-refractivity contribution in [2.75, 3.05) is 68.0 Å². The predicted octanol–water partition coefficient (Wildman–Crippen LogP) is 1.16. The molecule has 5 heterocycles. The Morgan fingerprint density at radius 2 is 1.67 bits per heavy atom. The van der Waals surface area contributed by atoms with E-state index in [2.05, 4.69) is 50.4 Å². The first-order valence-electron chi connectivity index (χ1n) is 11.5. The molecule has 33 heavy (non-hydrogen) atoms. The van der Waals surface area contributed by atoms with Gasteiger partial charge in [-0.2, -0.15) is 0 Å². The van der Waals surface area contributed by atoms with Crippen LogP contribution in [0.1, 0.15) is 20.8 Å². The molecule has 11 heteroatoms. The smallest absolute Gasteiger partial charge is 0.219 e. The summed E-state index contributed by atoms with van der Waals surface area (Å²) in [6, 6.07) is 0. The Bertz CT molecular complexity index is 1110. The Kier molecular flexibility index (Phi) is 5.75. The summed E-state index contributed by atoms with van der Waals surface area (Å²) in [6.07, 6.45) is 3.35. The summed E-state index contributed by atoms with van der Waals surface area (Å²) in [5.74, 6) is 2.59. The van der Waals surface area contributed by atoms with Gasteiger partial charge in [0.25, 0.3) is 0 Å². The minimum atomic E-state index is 0.0466. The van der Waals surface area contributed by atoms with Gasteiger partial charge in [0.1, 0.15) is 0 Å². The van der Waals surface area contributed by atoms with Crippen LogP contribution in [-0.2, 0) is 11.3 Å². The van der Waals surface area contributed by atoms with Crippen LogP contribution in [0.3, 0.4) is 0 Å². The zero-order chi connectivity index (χ0) is 23.0. The molecule has 0 spiro atoms. The molecule has 0 radical (unpaired) electrons. The molecule has 2 aliphatic rings. The molecule has 0 aliphatic carbocycles. The standard InChI is InChI=1S/C22H32N10O/c1-22(2,3)14-32-19-16(27-21(32)31-6-4-24-5-7-31)18(30-8-10-33-11-9-30)28-17(29-19)15-12-25-20(23)26-13-15/h12-13,24H,4-11,14H2,1-3H3,(H2,23,25,26). The highest BCUT2D eigenvalue weighted by molar-refractivity contribution is 5.88. The Labute approximate surface area is 193 Å². The highest BCUT2D eigenvalue weighted by Crippen LogP contribution is 2.33. The van der Waals surface area contributed by atoms with E-state index in [-0.39, 0.29) is 11.4 Å². The molecule has 0 atom stereocenters. The van der Waals surface area contributed by atoms with Crippen LogP contribution in [0.5, 0.6) is 0 Å². The number of hydrogen-bond acceptors (Lipinski definition) is 10. The second kappa shape index (κ2) is 8.71. The van der Waals surface area contributed by atoms with Crippen LogP contribution in [-0.4, -0.2) is 82.0 Å². The molecule has 2 aliphatic heterocycles. The van der Waals surface area contributed by atoms with Crippen molar-refractivity contribution in [3.63, 3.8) is 0 Å². The summed E-state index contributed by atoms with van der Waals surface area (Å²) in [5.41, 5.74) is 8.15. The summed E-state index contributed by atoms with van der Waals surface area (Å²) in [4.78, 5) is 28.0. The molecule has 3 N–H and O–H groups in total. The van der Waals surface area contributed by atoms with Crippen molar-refractivity contribution in [1.82, 2.24) is 34.8 Å². The van der Waals surface area contributed by atoms with Gasteiger partial charge < -0.3 is 25.6 Å². The van der Waals surface area contributed by atoms with Crippen LogP contribution in [0.15, 0.2) is 12.4 Å². The highest BCUT2D eigenvalue weighted by atomic mass is 16.5. The maximum absolute atomic E-state index is 5.71. The Balaban J connectivity index is 1.72. The fourth-order valence-electron chi connectivity index (χ4n) is 4.28. The van der Waals surface area contributed by atoms with Crippen LogP contribution in [0, 0.1) is 5.41 Å². The van der Waals surface area contributed by atoms with Gasteiger partial charge in [0.2, 0.25) is 11.9 Å². The van der Waals surface area contributed by atoms with Gasteiger partial charge in [-0.1, -0.05) is 20.8 Å². The third-order valence-electron chi connectivity index (χ3n) is 5.83. The van der Waals surface area contributed by atoms with Gasteiger partial charge in [-0.3, -0.25) is 4.57 Å². The van der Waals surface area contributed by atoms with Gasteiger partial charge in [-0.05, 0) is 5.41 Å². The fourth-order valence-corrected chi connectivity index (χ4v) is 4.28. The first kappa shape index (κ1) is 21.8. The van der Waals surface area contributed by atoms with Gasteiger partial charge in [-0.15, -0.1) is 0 Å². The largest absolute Gasteiger partial charge is 0.378 e. The first-order valence-corrected chi connectivity index (χ1v) is 11.5. The average molecular weight is 453 g/mol. The van der Waals surface area contributed by atoms with E-state index in [0.717, 1.165) is 74.3 Å². The third kappa shape index (κ3) is 4.55.